The number of rotatable bonds is 6. The molecular weight excluding hydrogens is 238 g/mol. The van der Waals surface area contributed by atoms with Crippen LogP contribution in [0, 0.1) is 5.41 Å². The van der Waals surface area contributed by atoms with Crippen LogP contribution in [0.2, 0.25) is 0 Å². The summed E-state index contributed by atoms with van der Waals surface area (Å²) in [6.45, 7) is 7.54. The molecule has 0 saturated carbocycles. The minimum Gasteiger partial charge on any atom is -0.385 e. The van der Waals surface area contributed by atoms with E-state index in [4.69, 9.17) is 4.74 Å². The fourth-order valence-corrected chi connectivity index (χ4v) is 2.78. The molecule has 1 aliphatic rings. The molecule has 4 heteroatoms. The van der Waals surface area contributed by atoms with Crippen molar-refractivity contribution >= 4 is 0 Å². The molecule has 1 aromatic heterocycles. The predicted octanol–water partition coefficient (Wildman–Crippen LogP) is 2.76. The van der Waals surface area contributed by atoms with Crippen molar-refractivity contribution in [3.63, 3.8) is 0 Å². The van der Waals surface area contributed by atoms with Gasteiger partial charge in [-0.1, -0.05) is 20.3 Å². The lowest BCUT2D eigenvalue weighted by Gasteiger charge is -2.29. The Morgan fingerprint density at radius 2 is 2.32 bits per heavy atom. The quantitative estimate of drug-likeness (QED) is 0.859. The van der Waals surface area contributed by atoms with E-state index < -0.39 is 0 Å². The second-order valence-electron chi connectivity index (χ2n) is 6.36. The van der Waals surface area contributed by atoms with Crippen LogP contribution in [-0.4, -0.2) is 29.8 Å². The largest absolute Gasteiger partial charge is 0.385 e. The summed E-state index contributed by atoms with van der Waals surface area (Å²) in [5.41, 5.74) is 1.57. The molecule has 1 saturated heterocycles. The highest BCUT2D eigenvalue weighted by atomic mass is 16.5. The van der Waals surface area contributed by atoms with E-state index in [1.807, 2.05) is 12.5 Å². The molecule has 1 aromatic rings. The van der Waals surface area contributed by atoms with Crippen molar-refractivity contribution in [1.29, 1.82) is 0 Å². The number of aromatic nitrogens is 2. The van der Waals surface area contributed by atoms with Crippen molar-refractivity contribution in [2.75, 3.05) is 20.3 Å². The molecular formula is C15H27N3O. The second kappa shape index (κ2) is 6.53. The Labute approximate surface area is 116 Å². The average Bonchev–Trinajstić information content (AvgIpc) is 2.85. The van der Waals surface area contributed by atoms with E-state index in [9.17, 15) is 0 Å². The number of methoxy groups -OCH3 is 1. The first-order chi connectivity index (χ1) is 9.12. The summed E-state index contributed by atoms with van der Waals surface area (Å²) >= 11 is 0. The molecule has 0 aromatic carbocycles. The smallest absolute Gasteiger partial charge is 0.0948 e. The Bertz CT molecular complexity index is 380. The monoisotopic (exact) mass is 265 g/mol. The molecule has 2 rings (SSSR count). The lowest BCUT2D eigenvalue weighted by molar-refractivity contribution is 0.141. The van der Waals surface area contributed by atoms with Gasteiger partial charge in [0.05, 0.1) is 12.0 Å². The van der Waals surface area contributed by atoms with Gasteiger partial charge in [-0.3, -0.25) is 0 Å². The Morgan fingerprint density at radius 1 is 1.47 bits per heavy atom. The Balaban J connectivity index is 2.02. The highest BCUT2D eigenvalue weighted by molar-refractivity contribution is 5.07. The predicted molar refractivity (Wildman–Crippen MR) is 77.1 cm³/mol. The van der Waals surface area contributed by atoms with Crippen LogP contribution >= 0.6 is 0 Å². The van der Waals surface area contributed by atoms with Crippen molar-refractivity contribution in [2.24, 2.45) is 5.41 Å². The third-order valence-corrected chi connectivity index (χ3v) is 3.99. The van der Waals surface area contributed by atoms with Gasteiger partial charge in [-0.2, -0.15) is 0 Å². The Kier molecular flexibility index (Phi) is 4.99. The molecule has 0 spiro atoms. The van der Waals surface area contributed by atoms with Crippen LogP contribution in [-0.2, 0) is 11.3 Å². The summed E-state index contributed by atoms with van der Waals surface area (Å²) in [6.07, 6.45) is 8.90. The van der Waals surface area contributed by atoms with Crippen molar-refractivity contribution in [2.45, 2.75) is 52.1 Å². The zero-order valence-electron chi connectivity index (χ0n) is 12.5. The van der Waals surface area contributed by atoms with Gasteiger partial charge in [0.15, 0.2) is 0 Å². The normalized spacial score (nSPS) is 20.7. The topological polar surface area (TPSA) is 39.1 Å². The van der Waals surface area contributed by atoms with E-state index in [2.05, 4.69) is 28.7 Å². The van der Waals surface area contributed by atoms with Crippen molar-refractivity contribution in [3.8, 4) is 0 Å². The molecule has 0 amide bonds. The van der Waals surface area contributed by atoms with Gasteiger partial charge in [0.25, 0.3) is 0 Å². The molecule has 1 unspecified atom stereocenters. The lowest BCUT2D eigenvalue weighted by atomic mass is 9.89. The summed E-state index contributed by atoms with van der Waals surface area (Å²) < 4.78 is 7.52. The number of piperidine rings is 1. The maximum absolute atomic E-state index is 5.21. The van der Waals surface area contributed by atoms with Gasteiger partial charge in [0.2, 0.25) is 0 Å². The fourth-order valence-electron chi connectivity index (χ4n) is 2.78. The van der Waals surface area contributed by atoms with Gasteiger partial charge in [-0.15, -0.1) is 0 Å². The first kappa shape index (κ1) is 14.5. The van der Waals surface area contributed by atoms with Gasteiger partial charge in [-0.05, 0) is 31.2 Å². The summed E-state index contributed by atoms with van der Waals surface area (Å²) in [7, 11) is 1.77. The molecule has 4 nitrogen and oxygen atoms in total. The van der Waals surface area contributed by atoms with Crippen LogP contribution in [0.5, 0.6) is 0 Å². The second-order valence-corrected chi connectivity index (χ2v) is 6.36. The van der Waals surface area contributed by atoms with E-state index in [-0.39, 0.29) is 5.41 Å². The summed E-state index contributed by atoms with van der Waals surface area (Å²) in [6, 6.07) is 0.481. The molecule has 1 N–H and O–H groups in total. The highest BCUT2D eigenvalue weighted by Crippen LogP contribution is 2.27. The number of ether oxygens (including phenoxy) is 1. The maximum atomic E-state index is 5.21. The molecule has 2 heterocycles. The average molecular weight is 265 g/mol. The maximum Gasteiger partial charge on any atom is 0.0948 e. The van der Waals surface area contributed by atoms with Crippen molar-refractivity contribution < 1.29 is 4.74 Å². The molecule has 0 radical (unpaired) electrons. The van der Waals surface area contributed by atoms with Crippen LogP contribution in [0.1, 0.15) is 51.3 Å². The Morgan fingerprint density at radius 3 is 3.00 bits per heavy atom. The van der Waals surface area contributed by atoms with E-state index in [1.54, 1.807) is 7.11 Å². The minimum atomic E-state index is 0.236. The molecule has 108 valence electrons. The van der Waals surface area contributed by atoms with Crippen LogP contribution in [0.25, 0.3) is 0 Å². The van der Waals surface area contributed by atoms with Crippen LogP contribution in [0.15, 0.2) is 12.5 Å². The summed E-state index contributed by atoms with van der Waals surface area (Å²) in [5, 5.41) is 3.61. The van der Waals surface area contributed by atoms with Gasteiger partial charge in [0, 0.05) is 32.5 Å². The molecule has 0 aliphatic carbocycles. The summed E-state index contributed by atoms with van der Waals surface area (Å²) in [4.78, 5) is 4.35. The number of nitrogens with one attached hydrogen (secondary N) is 1. The first-order valence-corrected chi connectivity index (χ1v) is 7.35. The minimum absolute atomic E-state index is 0.236. The van der Waals surface area contributed by atoms with Crippen LogP contribution < -0.4 is 5.32 Å². The van der Waals surface area contributed by atoms with Crippen LogP contribution in [0.3, 0.4) is 0 Å². The SMILES string of the molecule is COCCC(C)(C)Cn1cncc1C1CCCCN1. The summed E-state index contributed by atoms with van der Waals surface area (Å²) in [5.74, 6) is 0. The van der Waals surface area contributed by atoms with E-state index in [0.717, 1.165) is 26.1 Å². The lowest BCUT2D eigenvalue weighted by Crippen LogP contribution is -2.30. The highest BCUT2D eigenvalue weighted by Gasteiger charge is 2.23. The van der Waals surface area contributed by atoms with Gasteiger partial charge < -0.3 is 14.6 Å². The standard InChI is InChI=1S/C15H27N3O/c1-15(2,7-9-19-3)11-18-12-16-10-14(18)13-6-4-5-8-17-13/h10,12-13,17H,4-9,11H2,1-3H3. The molecule has 19 heavy (non-hydrogen) atoms. The van der Waals surface area contributed by atoms with Gasteiger partial charge in [0.1, 0.15) is 0 Å². The number of hydrogen-bond acceptors (Lipinski definition) is 3. The third kappa shape index (κ3) is 4.05. The fraction of sp³-hybridized carbons (Fsp3) is 0.800. The zero-order valence-corrected chi connectivity index (χ0v) is 12.5. The first-order valence-electron chi connectivity index (χ1n) is 7.35. The molecule has 0 bridgehead atoms. The van der Waals surface area contributed by atoms with E-state index in [1.165, 1.54) is 25.0 Å². The zero-order chi connectivity index (χ0) is 13.7. The molecule has 1 atom stereocenters. The van der Waals surface area contributed by atoms with E-state index in [0.29, 0.717) is 6.04 Å². The van der Waals surface area contributed by atoms with Gasteiger partial charge in [-0.25, -0.2) is 4.98 Å². The van der Waals surface area contributed by atoms with E-state index >= 15 is 0 Å². The number of hydrogen-bond donors (Lipinski definition) is 1. The Hall–Kier alpha value is -0.870. The number of imidazole rings is 1. The van der Waals surface area contributed by atoms with Gasteiger partial charge >= 0.3 is 0 Å². The molecule has 1 fully saturated rings. The van der Waals surface area contributed by atoms with Crippen molar-refractivity contribution in [3.05, 3.63) is 18.2 Å². The van der Waals surface area contributed by atoms with Crippen LogP contribution in [0.4, 0.5) is 0 Å². The third-order valence-electron chi connectivity index (χ3n) is 3.99. The molecule has 1 aliphatic heterocycles. The van der Waals surface area contributed by atoms with Crippen molar-refractivity contribution in [1.82, 2.24) is 14.9 Å². The number of nitrogens with zero attached hydrogens (tertiary/aromatic N) is 2.